The van der Waals surface area contributed by atoms with Crippen molar-refractivity contribution in [2.75, 3.05) is 24.6 Å². The third-order valence-electron chi connectivity index (χ3n) is 5.51. The lowest BCUT2D eigenvalue weighted by atomic mass is 9.99. The van der Waals surface area contributed by atoms with E-state index in [1.807, 2.05) is 31.2 Å². The molecule has 3 rings (SSSR count). The van der Waals surface area contributed by atoms with E-state index in [9.17, 15) is 19.6 Å². The molecule has 37 heavy (non-hydrogen) atoms. The van der Waals surface area contributed by atoms with Gasteiger partial charge in [0.15, 0.2) is 12.2 Å². The average molecular weight is 514 g/mol. The van der Waals surface area contributed by atoms with E-state index in [0.717, 1.165) is 43.6 Å². The minimum absolute atomic E-state index is 0.0754. The number of aliphatic hydroxyl groups is 2. The summed E-state index contributed by atoms with van der Waals surface area (Å²) >= 11 is 0. The number of carbonyl (C=O) groups excluding carboxylic acids is 1. The Bertz CT molecular complexity index is 1110. The van der Waals surface area contributed by atoms with E-state index in [1.54, 1.807) is 12.1 Å². The zero-order valence-corrected chi connectivity index (χ0v) is 20.4. The van der Waals surface area contributed by atoms with Crippen LogP contribution in [0.2, 0.25) is 0 Å². The Balaban J connectivity index is 0.000000410. The van der Waals surface area contributed by atoms with Gasteiger partial charge in [-0.25, -0.2) is 14.4 Å². The van der Waals surface area contributed by atoms with Crippen molar-refractivity contribution in [1.82, 2.24) is 0 Å². The number of aliphatic hydroxyl groups excluding tert-OH is 2. The van der Waals surface area contributed by atoms with Gasteiger partial charge in [-0.05, 0) is 55.5 Å². The topological polar surface area (TPSA) is 194 Å². The average Bonchev–Trinajstić information content (AvgIpc) is 3.28. The maximum absolute atomic E-state index is 12.0. The summed E-state index contributed by atoms with van der Waals surface area (Å²) in [6.45, 7) is 3.99. The molecule has 2 aromatic carbocycles. The van der Waals surface area contributed by atoms with Crippen molar-refractivity contribution in [3.05, 3.63) is 64.7 Å². The van der Waals surface area contributed by atoms with Crippen LogP contribution in [-0.4, -0.2) is 76.3 Å². The molecule has 3 atom stereocenters. The molecule has 0 saturated heterocycles. The number of hydrogen-bond donors (Lipinski definition) is 5. The van der Waals surface area contributed by atoms with Crippen LogP contribution < -0.4 is 10.6 Å². The van der Waals surface area contributed by atoms with Gasteiger partial charge in [-0.15, -0.1) is 0 Å². The molecule has 6 N–H and O–H groups in total. The van der Waals surface area contributed by atoms with Crippen molar-refractivity contribution in [2.45, 2.75) is 44.4 Å². The molecule has 1 aliphatic heterocycles. The number of fused-ring (bicyclic) bond motifs is 1. The molecule has 0 radical (unpaired) electrons. The van der Waals surface area contributed by atoms with Crippen LogP contribution in [0.3, 0.4) is 0 Å². The fraction of sp³-hybridized carbons (Fsp3) is 0.385. The van der Waals surface area contributed by atoms with Crippen LogP contribution in [0.15, 0.2) is 42.5 Å². The quantitative estimate of drug-likeness (QED) is 0.224. The number of carboxylic acids is 2. The van der Waals surface area contributed by atoms with E-state index in [2.05, 4.69) is 17.0 Å². The van der Waals surface area contributed by atoms with Gasteiger partial charge in [0.2, 0.25) is 0 Å². The summed E-state index contributed by atoms with van der Waals surface area (Å²) in [5.41, 5.74) is 10.5. The number of nitrogens with zero attached hydrogens (tertiary/aromatic N) is 2. The van der Waals surface area contributed by atoms with Gasteiger partial charge >= 0.3 is 17.9 Å². The van der Waals surface area contributed by atoms with E-state index >= 15 is 0 Å². The van der Waals surface area contributed by atoms with E-state index in [1.165, 1.54) is 5.56 Å². The second-order valence-corrected chi connectivity index (χ2v) is 8.60. The van der Waals surface area contributed by atoms with Crippen molar-refractivity contribution in [2.24, 2.45) is 5.73 Å². The number of carbonyl (C=O) groups is 3. The number of esters is 1. The van der Waals surface area contributed by atoms with Gasteiger partial charge in [-0.3, -0.25) is 0 Å². The Morgan fingerprint density at radius 2 is 1.73 bits per heavy atom. The van der Waals surface area contributed by atoms with Gasteiger partial charge in [0.05, 0.1) is 23.4 Å². The van der Waals surface area contributed by atoms with Gasteiger partial charge in [-0.2, -0.15) is 5.26 Å². The third-order valence-corrected chi connectivity index (χ3v) is 5.51. The first kappa shape index (κ1) is 29.3. The van der Waals surface area contributed by atoms with Crippen molar-refractivity contribution in [3.8, 4) is 6.07 Å². The SMILES string of the molecule is C[C@@H](N)Cc1cc(C#N)c2c(c1)CCN2CCCOC(=O)c1ccccc1.O=C(O)C(O)C(O)C(=O)O. The standard InChI is InChI=1S/C22H25N3O2.C4H6O6/c1-16(24)12-17-13-19-8-10-25(21(19)20(14-17)15-23)9-5-11-27-22(26)18-6-3-2-4-7-18;5-1(3(7)8)2(6)4(9)10/h2-4,6-7,13-14,16H,5,8-12,24H2,1H3;1-2,5-6H,(H,7,8)(H,9,10)/t16-;/m1./s1. The number of nitrogens with two attached hydrogens (primary N) is 1. The minimum Gasteiger partial charge on any atom is -0.479 e. The highest BCUT2D eigenvalue weighted by molar-refractivity contribution is 5.89. The summed E-state index contributed by atoms with van der Waals surface area (Å²) in [5.74, 6) is -3.83. The molecule has 11 nitrogen and oxygen atoms in total. The third kappa shape index (κ3) is 8.57. The van der Waals surface area contributed by atoms with Gasteiger partial charge in [0.1, 0.15) is 6.07 Å². The number of ether oxygens (including phenoxy) is 1. The first-order valence-electron chi connectivity index (χ1n) is 11.7. The number of hydrogen-bond acceptors (Lipinski definition) is 9. The van der Waals surface area contributed by atoms with Crippen LogP contribution >= 0.6 is 0 Å². The molecule has 0 spiro atoms. The predicted molar refractivity (Wildman–Crippen MR) is 133 cm³/mol. The van der Waals surface area contributed by atoms with E-state index < -0.39 is 24.1 Å². The zero-order valence-electron chi connectivity index (χ0n) is 20.4. The lowest BCUT2D eigenvalue weighted by molar-refractivity contribution is -0.165. The van der Waals surface area contributed by atoms with Crippen LogP contribution in [-0.2, 0) is 27.2 Å². The fourth-order valence-electron chi connectivity index (χ4n) is 3.84. The number of rotatable bonds is 10. The zero-order chi connectivity index (χ0) is 27.5. The lowest BCUT2D eigenvalue weighted by Crippen LogP contribution is -2.39. The summed E-state index contributed by atoms with van der Waals surface area (Å²) in [5, 5.41) is 42.1. The smallest absolute Gasteiger partial charge is 0.338 e. The van der Waals surface area contributed by atoms with Crippen molar-refractivity contribution < 1.29 is 39.5 Å². The second kappa shape index (κ2) is 13.9. The molecule has 198 valence electrons. The van der Waals surface area contributed by atoms with Gasteiger partial charge in [0, 0.05) is 19.1 Å². The molecule has 2 unspecified atom stereocenters. The van der Waals surface area contributed by atoms with Gasteiger partial charge < -0.3 is 35.8 Å². The molecule has 0 aliphatic carbocycles. The molecule has 11 heteroatoms. The molecule has 0 aromatic heterocycles. The Hall–Kier alpha value is -3.98. The second-order valence-electron chi connectivity index (χ2n) is 8.60. The highest BCUT2D eigenvalue weighted by Crippen LogP contribution is 2.33. The molecule has 0 saturated carbocycles. The van der Waals surface area contributed by atoms with Crippen LogP contribution in [0, 0.1) is 11.3 Å². The molecule has 1 heterocycles. The van der Waals surface area contributed by atoms with Crippen LogP contribution in [0.4, 0.5) is 5.69 Å². The Kier molecular flexibility index (Phi) is 11.0. The maximum Gasteiger partial charge on any atom is 0.338 e. The predicted octanol–water partition coefficient (Wildman–Crippen LogP) is 0.935. The van der Waals surface area contributed by atoms with Gasteiger partial charge in [-0.1, -0.05) is 24.3 Å². The van der Waals surface area contributed by atoms with E-state index in [0.29, 0.717) is 17.7 Å². The van der Waals surface area contributed by atoms with Crippen molar-refractivity contribution in [1.29, 1.82) is 5.26 Å². The maximum atomic E-state index is 12.0. The van der Waals surface area contributed by atoms with Crippen LogP contribution in [0.5, 0.6) is 0 Å². The number of anilines is 1. The number of aliphatic carboxylic acids is 2. The number of benzene rings is 2. The number of nitriles is 1. The lowest BCUT2D eigenvalue weighted by Gasteiger charge is -2.21. The fourth-order valence-corrected chi connectivity index (χ4v) is 3.84. The first-order chi connectivity index (χ1) is 17.5. The monoisotopic (exact) mass is 513 g/mol. The summed E-state index contributed by atoms with van der Waals surface area (Å²) < 4.78 is 5.35. The van der Waals surface area contributed by atoms with Crippen LogP contribution in [0.1, 0.15) is 40.4 Å². The van der Waals surface area contributed by atoms with E-state index in [-0.39, 0.29) is 12.0 Å². The summed E-state index contributed by atoms with van der Waals surface area (Å²) in [4.78, 5) is 33.7. The molecule has 1 aliphatic rings. The minimum atomic E-state index is -2.27. The van der Waals surface area contributed by atoms with E-state index in [4.69, 9.17) is 30.9 Å². The van der Waals surface area contributed by atoms with Crippen molar-refractivity contribution in [3.63, 3.8) is 0 Å². The molecule has 0 fully saturated rings. The molecule has 2 aromatic rings. The van der Waals surface area contributed by atoms with Crippen LogP contribution in [0.25, 0.3) is 0 Å². The summed E-state index contributed by atoms with van der Waals surface area (Å²) in [6.07, 6.45) is -2.10. The van der Waals surface area contributed by atoms with Crippen molar-refractivity contribution >= 4 is 23.6 Å². The summed E-state index contributed by atoms with van der Waals surface area (Å²) in [7, 11) is 0. The molecular formula is C26H31N3O8. The molecule has 0 bridgehead atoms. The number of carboxylic acid groups (broad SMARTS) is 2. The first-order valence-corrected chi connectivity index (χ1v) is 11.7. The Morgan fingerprint density at radius 3 is 2.27 bits per heavy atom. The van der Waals surface area contributed by atoms with Gasteiger partial charge in [0.25, 0.3) is 0 Å². The molecular weight excluding hydrogens is 482 g/mol. The highest BCUT2D eigenvalue weighted by Gasteiger charge is 2.29. The Labute approximate surface area is 214 Å². The summed E-state index contributed by atoms with van der Waals surface area (Å²) in [6, 6.07) is 15.5. The highest BCUT2D eigenvalue weighted by atomic mass is 16.5. The normalized spacial score (nSPS) is 14.3. The largest absolute Gasteiger partial charge is 0.479 e. The Morgan fingerprint density at radius 1 is 1.11 bits per heavy atom. The molecule has 0 amide bonds.